The molecule has 0 saturated carbocycles. The van der Waals surface area contributed by atoms with Gasteiger partial charge >= 0.3 is 0 Å². The van der Waals surface area contributed by atoms with Crippen molar-refractivity contribution in [2.75, 3.05) is 13.7 Å². The van der Waals surface area contributed by atoms with E-state index in [1.165, 1.54) is 6.21 Å². The average molecular weight is 266 g/mol. The van der Waals surface area contributed by atoms with Crippen molar-refractivity contribution >= 4 is 6.21 Å². The SMILES string of the molecule is COc1ccc(CO/N=C\C(O)CNC(C)C)cc1. The highest BCUT2D eigenvalue weighted by molar-refractivity contribution is 5.62. The van der Waals surface area contributed by atoms with Crippen LogP contribution in [0.3, 0.4) is 0 Å². The molecule has 19 heavy (non-hydrogen) atoms. The molecule has 0 fully saturated rings. The van der Waals surface area contributed by atoms with E-state index < -0.39 is 6.10 Å². The monoisotopic (exact) mass is 266 g/mol. The first-order valence-electron chi connectivity index (χ1n) is 6.31. The molecule has 0 bridgehead atoms. The maximum absolute atomic E-state index is 9.56. The van der Waals surface area contributed by atoms with E-state index in [2.05, 4.69) is 10.5 Å². The molecule has 0 spiro atoms. The molecule has 0 amide bonds. The lowest BCUT2D eigenvalue weighted by Crippen LogP contribution is -2.32. The summed E-state index contributed by atoms with van der Waals surface area (Å²) in [6.45, 7) is 4.87. The predicted octanol–water partition coefficient (Wildman–Crippen LogP) is 1.56. The van der Waals surface area contributed by atoms with Crippen LogP contribution in [-0.2, 0) is 11.4 Å². The molecule has 1 rings (SSSR count). The van der Waals surface area contributed by atoms with Gasteiger partial charge in [-0.25, -0.2) is 0 Å². The minimum absolute atomic E-state index is 0.336. The Bertz CT molecular complexity index is 377. The van der Waals surface area contributed by atoms with Gasteiger partial charge in [0.15, 0.2) is 0 Å². The summed E-state index contributed by atoms with van der Waals surface area (Å²) in [5, 5.41) is 16.4. The van der Waals surface area contributed by atoms with Crippen molar-refractivity contribution in [2.24, 2.45) is 5.16 Å². The summed E-state index contributed by atoms with van der Waals surface area (Å²) in [5.41, 5.74) is 0.993. The lowest BCUT2D eigenvalue weighted by Gasteiger charge is -2.09. The highest BCUT2D eigenvalue weighted by atomic mass is 16.6. The maximum Gasteiger partial charge on any atom is 0.142 e. The minimum Gasteiger partial charge on any atom is -0.497 e. The van der Waals surface area contributed by atoms with Gasteiger partial charge in [0, 0.05) is 12.6 Å². The van der Waals surface area contributed by atoms with Gasteiger partial charge in [0.25, 0.3) is 0 Å². The van der Waals surface area contributed by atoms with Crippen LogP contribution in [0.2, 0.25) is 0 Å². The van der Waals surface area contributed by atoms with Gasteiger partial charge in [0.2, 0.25) is 0 Å². The van der Waals surface area contributed by atoms with Gasteiger partial charge in [-0.1, -0.05) is 31.1 Å². The largest absolute Gasteiger partial charge is 0.497 e. The summed E-state index contributed by atoms with van der Waals surface area (Å²) in [6.07, 6.45) is 0.747. The van der Waals surface area contributed by atoms with E-state index in [9.17, 15) is 5.11 Å². The number of benzene rings is 1. The van der Waals surface area contributed by atoms with Crippen LogP contribution in [0.1, 0.15) is 19.4 Å². The normalized spacial score (nSPS) is 12.9. The highest BCUT2D eigenvalue weighted by Gasteiger charge is 2.01. The molecule has 0 radical (unpaired) electrons. The van der Waals surface area contributed by atoms with Gasteiger partial charge in [-0.3, -0.25) is 0 Å². The molecule has 5 nitrogen and oxygen atoms in total. The molecule has 1 aromatic rings. The zero-order valence-electron chi connectivity index (χ0n) is 11.7. The summed E-state index contributed by atoms with van der Waals surface area (Å²) in [7, 11) is 1.63. The second-order valence-corrected chi connectivity index (χ2v) is 4.51. The first-order valence-corrected chi connectivity index (χ1v) is 6.31. The number of rotatable bonds is 8. The van der Waals surface area contributed by atoms with Crippen molar-refractivity contribution < 1.29 is 14.7 Å². The fraction of sp³-hybridized carbons (Fsp3) is 0.500. The van der Waals surface area contributed by atoms with Gasteiger partial charge in [-0.15, -0.1) is 0 Å². The van der Waals surface area contributed by atoms with E-state index >= 15 is 0 Å². The van der Waals surface area contributed by atoms with Crippen LogP contribution in [-0.4, -0.2) is 37.1 Å². The third-order valence-electron chi connectivity index (χ3n) is 2.43. The van der Waals surface area contributed by atoms with E-state index in [-0.39, 0.29) is 0 Å². The summed E-state index contributed by atoms with van der Waals surface area (Å²) >= 11 is 0. The number of hydrogen-bond donors (Lipinski definition) is 2. The zero-order chi connectivity index (χ0) is 14.1. The van der Waals surface area contributed by atoms with Gasteiger partial charge in [0.05, 0.1) is 13.3 Å². The van der Waals surface area contributed by atoms with Crippen molar-refractivity contribution in [2.45, 2.75) is 32.6 Å². The number of aliphatic hydroxyl groups excluding tert-OH is 1. The Hall–Kier alpha value is -1.59. The number of nitrogens with zero attached hydrogens (tertiary/aromatic N) is 1. The fourth-order valence-electron chi connectivity index (χ4n) is 1.36. The Kier molecular flexibility index (Phi) is 6.92. The first kappa shape index (κ1) is 15.5. The van der Waals surface area contributed by atoms with Crippen molar-refractivity contribution in [1.82, 2.24) is 5.32 Å². The van der Waals surface area contributed by atoms with Crippen molar-refractivity contribution in [3.05, 3.63) is 29.8 Å². The first-order chi connectivity index (χ1) is 9.11. The standard InChI is InChI=1S/C14H22N2O3/c1-11(2)15-8-13(17)9-16-19-10-12-4-6-14(18-3)7-5-12/h4-7,9,11,13,15,17H,8,10H2,1-3H3/b16-9-. The lowest BCUT2D eigenvalue weighted by atomic mass is 10.2. The molecule has 1 atom stereocenters. The number of aliphatic hydroxyl groups is 1. The van der Waals surface area contributed by atoms with Gasteiger partial charge < -0.3 is 20.0 Å². The zero-order valence-corrected chi connectivity index (χ0v) is 11.7. The van der Waals surface area contributed by atoms with E-state index in [1.54, 1.807) is 7.11 Å². The molecule has 106 valence electrons. The van der Waals surface area contributed by atoms with Crippen LogP contribution in [0.15, 0.2) is 29.4 Å². The molecule has 0 aliphatic heterocycles. The van der Waals surface area contributed by atoms with Crippen molar-refractivity contribution in [3.63, 3.8) is 0 Å². The number of nitrogens with one attached hydrogen (secondary N) is 1. The Morgan fingerprint density at radius 1 is 1.32 bits per heavy atom. The van der Waals surface area contributed by atoms with Crippen LogP contribution < -0.4 is 10.1 Å². The van der Waals surface area contributed by atoms with Gasteiger partial charge in [0.1, 0.15) is 18.5 Å². The minimum atomic E-state index is -0.640. The quantitative estimate of drug-likeness (QED) is 0.553. The summed E-state index contributed by atoms with van der Waals surface area (Å²) in [4.78, 5) is 5.11. The second-order valence-electron chi connectivity index (χ2n) is 4.51. The van der Waals surface area contributed by atoms with Crippen molar-refractivity contribution in [1.29, 1.82) is 0 Å². The number of oxime groups is 1. The third kappa shape index (κ3) is 6.79. The van der Waals surface area contributed by atoms with E-state index in [4.69, 9.17) is 9.57 Å². The van der Waals surface area contributed by atoms with Crippen LogP contribution in [0, 0.1) is 0 Å². The molecule has 5 heteroatoms. The molecule has 0 heterocycles. The van der Waals surface area contributed by atoms with Gasteiger partial charge in [-0.2, -0.15) is 0 Å². The van der Waals surface area contributed by atoms with Crippen LogP contribution in [0.25, 0.3) is 0 Å². The Morgan fingerprint density at radius 3 is 2.58 bits per heavy atom. The topological polar surface area (TPSA) is 63.1 Å². The molecule has 1 unspecified atom stereocenters. The third-order valence-corrected chi connectivity index (χ3v) is 2.43. The maximum atomic E-state index is 9.56. The van der Waals surface area contributed by atoms with E-state index in [0.29, 0.717) is 19.2 Å². The Labute approximate surface area is 114 Å². The molecule has 0 aliphatic rings. The van der Waals surface area contributed by atoms with E-state index in [1.807, 2.05) is 38.1 Å². The predicted molar refractivity (Wildman–Crippen MR) is 75.4 cm³/mol. The number of ether oxygens (including phenoxy) is 1. The Balaban J connectivity index is 2.24. The van der Waals surface area contributed by atoms with Crippen LogP contribution >= 0.6 is 0 Å². The van der Waals surface area contributed by atoms with Gasteiger partial charge in [-0.05, 0) is 17.7 Å². The van der Waals surface area contributed by atoms with Crippen LogP contribution in [0.4, 0.5) is 0 Å². The number of hydrogen-bond acceptors (Lipinski definition) is 5. The molecule has 0 aliphatic carbocycles. The second kappa shape index (κ2) is 8.50. The molecule has 2 N–H and O–H groups in total. The average Bonchev–Trinajstić information content (AvgIpc) is 2.42. The molecule has 0 saturated heterocycles. The molecular weight excluding hydrogens is 244 g/mol. The smallest absolute Gasteiger partial charge is 0.142 e. The summed E-state index contributed by atoms with van der Waals surface area (Å²) < 4.78 is 5.06. The number of methoxy groups -OCH3 is 1. The Morgan fingerprint density at radius 2 is 2.00 bits per heavy atom. The fourth-order valence-corrected chi connectivity index (χ4v) is 1.36. The molecular formula is C14H22N2O3. The highest BCUT2D eigenvalue weighted by Crippen LogP contribution is 2.11. The molecule has 1 aromatic carbocycles. The summed E-state index contributed by atoms with van der Waals surface area (Å²) in [6, 6.07) is 7.88. The molecule has 0 aromatic heterocycles. The van der Waals surface area contributed by atoms with Crippen LogP contribution in [0.5, 0.6) is 5.75 Å². The van der Waals surface area contributed by atoms with E-state index in [0.717, 1.165) is 11.3 Å². The summed E-state index contributed by atoms with van der Waals surface area (Å²) in [5.74, 6) is 0.808. The lowest BCUT2D eigenvalue weighted by molar-refractivity contribution is 0.126. The van der Waals surface area contributed by atoms with Crippen molar-refractivity contribution in [3.8, 4) is 5.75 Å².